The molecule has 0 spiro atoms. The lowest BCUT2D eigenvalue weighted by atomic mass is 9.87. The molecule has 0 aromatic heterocycles. The highest BCUT2D eigenvalue weighted by Gasteiger charge is 2.30. The molecular formula is C27H28FNO. The van der Waals surface area contributed by atoms with Gasteiger partial charge in [0.05, 0.1) is 6.54 Å². The van der Waals surface area contributed by atoms with Gasteiger partial charge in [0.2, 0.25) is 0 Å². The summed E-state index contributed by atoms with van der Waals surface area (Å²) in [6.07, 6.45) is 0. The van der Waals surface area contributed by atoms with Crippen molar-refractivity contribution in [2.24, 2.45) is 0 Å². The first-order chi connectivity index (χ1) is 14.3. The van der Waals surface area contributed by atoms with E-state index in [-0.39, 0.29) is 5.54 Å². The minimum atomic E-state index is -1.58. The van der Waals surface area contributed by atoms with Crippen LogP contribution in [0.4, 0.5) is 4.39 Å². The van der Waals surface area contributed by atoms with Gasteiger partial charge in [-0.2, -0.15) is 0 Å². The number of hydrogen-bond acceptors (Lipinski definition) is 2. The molecule has 0 saturated carbocycles. The second kappa shape index (κ2) is 9.26. The van der Waals surface area contributed by atoms with Crippen molar-refractivity contribution in [1.82, 2.24) is 4.90 Å². The van der Waals surface area contributed by atoms with E-state index in [1.54, 1.807) is 12.1 Å². The van der Waals surface area contributed by atoms with Crippen LogP contribution < -0.4 is 0 Å². The maximum atomic E-state index is 13.9. The number of benzene rings is 3. The molecule has 1 atom stereocenters. The van der Waals surface area contributed by atoms with Crippen molar-refractivity contribution in [1.29, 1.82) is 0 Å². The van der Waals surface area contributed by atoms with E-state index in [0.29, 0.717) is 17.7 Å². The van der Waals surface area contributed by atoms with E-state index in [0.717, 1.165) is 6.54 Å². The SMILES string of the molecule is CC(C)(C)N(CC#C[C@](O)(c1ccccc1)c1cccc(F)c1)Cc1ccccc1. The summed E-state index contributed by atoms with van der Waals surface area (Å²) in [6.45, 7) is 7.67. The molecule has 154 valence electrons. The van der Waals surface area contributed by atoms with E-state index < -0.39 is 11.4 Å². The Morgan fingerprint density at radius 1 is 0.833 bits per heavy atom. The van der Waals surface area contributed by atoms with Gasteiger partial charge in [0.1, 0.15) is 5.82 Å². The zero-order valence-corrected chi connectivity index (χ0v) is 17.8. The van der Waals surface area contributed by atoms with Crippen molar-refractivity contribution in [2.75, 3.05) is 6.54 Å². The van der Waals surface area contributed by atoms with Crippen LogP contribution in [0.3, 0.4) is 0 Å². The molecule has 0 aliphatic rings. The summed E-state index contributed by atoms with van der Waals surface area (Å²) in [4.78, 5) is 2.26. The Balaban J connectivity index is 1.93. The summed E-state index contributed by atoms with van der Waals surface area (Å²) >= 11 is 0. The summed E-state index contributed by atoms with van der Waals surface area (Å²) < 4.78 is 13.9. The van der Waals surface area contributed by atoms with Gasteiger partial charge in [0.25, 0.3) is 0 Å². The van der Waals surface area contributed by atoms with Gasteiger partial charge < -0.3 is 5.11 Å². The number of aliphatic hydroxyl groups is 1. The standard InChI is InChI=1S/C27H28FNO/c1-26(2,3)29(21-22-12-6-4-7-13-22)19-11-18-27(30,23-14-8-5-9-15-23)24-16-10-17-25(28)20-24/h4-10,12-17,20,30H,19,21H2,1-3H3/t27-/m0/s1. The lowest BCUT2D eigenvalue weighted by molar-refractivity contribution is 0.140. The first-order valence-electron chi connectivity index (χ1n) is 10.1. The molecule has 3 aromatic carbocycles. The van der Waals surface area contributed by atoms with Crippen LogP contribution in [-0.2, 0) is 12.1 Å². The highest BCUT2D eigenvalue weighted by atomic mass is 19.1. The summed E-state index contributed by atoms with van der Waals surface area (Å²) in [5.74, 6) is 5.82. The Bertz CT molecular complexity index is 1020. The lowest BCUT2D eigenvalue weighted by Gasteiger charge is -2.34. The molecule has 0 amide bonds. The van der Waals surface area contributed by atoms with Crippen molar-refractivity contribution in [2.45, 2.75) is 38.5 Å². The minimum Gasteiger partial charge on any atom is -0.369 e. The topological polar surface area (TPSA) is 23.5 Å². The largest absolute Gasteiger partial charge is 0.369 e. The quantitative estimate of drug-likeness (QED) is 0.582. The predicted molar refractivity (Wildman–Crippen MR) is 120 cm³/mol. The molecule has 0 heterocycles. The second-order valence-corrected chi connectivity index (χ2v) is 8.40. The van der Waals surface area contributed by atoms with Crippen molar-refractivity contribution >= 4 is 0 Å². The Morgan fingerprint density at radius 3 is 2.03 bits per heavy atom. The monoisotopic (exact) mass is 401 g/mol. The van der Waals surface area contributed by atoms with Crippen molar-refractivity contribution < 1.29 is 9.50 Å². The zero-order valence-electron chi connectivity index (χ0n) is 17.8. The second-order valence-electron chi connectivity index (χ2n) is 8.40. The fraction of sp³-hybridized carbons (Fsp3) is 0.259. The molecule has 0 radical (unpaired) electrons. The van der Waals surface area contributed by atoms with Gasteiger partial charge in [0, 0.05) is 23.2 Å². The van der Waals surface area contributed by atoms with Gasteiger partial charge in [-0.1, -0.05) is 84.6 Å². The molecule has 0 unspecified atom stereocenters. The molecular weight excluding hydrogens is 373 g/mol. The van der Waals surface area contributed by atoms with E-state index in [9.17, 15) is 9.50 Å². The summed E-state index contributed by atoms with van der Waals surface area (Å²) in [7, 11) is 0. The Labute approximate surface area is 179 Å². The third-order valence-electron chi connectivity index (χ3n) is 5.14. The molecule has 0 saturated heterocycles. The van der Waals surface area contributed by atoms with E-state index in [1.807, 2.05) is 48.5 Å². The van der Waals surface area contributed by atoms with Crippen LogP contribution in [0.5, 0.6) is 0 Å². The Hall–Kier alpha value is -2.93. The molecule has 1 N–H and O–H groups in total. The van der Waals surface area contributed by atoms with Crippen LogP contribution in [0, 0.1) is 17.7 Å². The maximum Gasteiger partial charge on any atom is 0.177 e. The number of nitrogens with zero attached hydrogens (tertiary/aromatic N) is 1. The zero-order chi connectivity index (χ0) is 21.6. The van der Waals surface area contributed by atoms with Crippen molar-refractivity contribution in [3.05, 3.63) is 107 Å². The fourth-order valence-electron chi connectivity index (χ4n) is 3.30. The van der Waals surface area contributed by atoms with Gasteiger partial charge in [-0.15, -0.1) is 0 Å². The van der Waals surface area contributed by atoms with E-state index >= 15 is 0 Å². The average molecular weight is 402 g/mol. The predicted octanol–water partition coefficient (Wildman–Crippen LogP) is 5.37. The van der Waals surface area contributed by atoms with Crippen LogP contribution in [0.15, 0.2) is 84.9 Å². The molecule has 3 heteroatoms. The highest BCUT2D eigenvalue weighted by molar-refractivity contribution is 5.44. The lowest BCUT2D eigenvalue weighted by Crippen LogP contribution is -2.41. The van der Waals surface area contributed by atoms with Crippen molar-refractivity contribution in [3.63, 3.8) is 0 Å². The summed E-state index contributed by atoms with van der Waals surface area (Å²) in [5.41, 5.74) is 0.561. The third kappa shape index (κ3) is 5.36. The molecule has 0 aliphatic carbocycles. The van der Waals surface area contributed by atoms with Crippen LogP contribution in [-0.4, -0.2) is 22.1 Å². The first kappa shape index (κ1) is 21.8. The van der Waals surface area contributed by atoms with E-state index in [1.165, 1.54) is 17.7 Å². The van der Waals surface area contributed by atoms with E-state index in [4.69, 9.17) is 0 Å². The van der Waals surface area contributed by atoms with Gasteiger partial charge in [-0.25, -0.2) is 4.39 Å². The van der Waals surface area contributed by atoms with Crippen LogP contribution >= 0.6 is 0 Å². The van der Waals surface area contributed by atoms with Crippen LogP contribution in [0.25, 0.3) is 0 Å². The van der Waals surface area contributed by atoms with Crippen LogP contribution in [0.1, 0.15) is 37.5 Å². The average Bonchev–Trinajstić information content (AvgIpc) is 2.73. The Kier molecular flexibility index (Phi) is 6.72. The van der Waals surface area contributed by atoms with E-state index in [2.05, 4.69) is 49.6 Å². The summed E-state index contributed by atoms with van der Waals surface area (Å²) in [5, 5.41) is 11.5. The Morgan fingerprint density at radius 2 is 1.43 bits per heavy atom. The fourth-order valence-corrected chi connectivity index (χ4v) is 3.30. The van der Waals surface area contributed by atoms with Gasteiger partial charge in [-0.05, 0) is 38.5 Å². The molecule has 30 heavy (non-hydrogen) atoms. The smallest absolute Gasteiger partial charge is 0.177 e. The first-order valence-corrected chi connectivity index (χ1v) is 10.1. The van der Waals surface area contributed by atoms with Gasteiger partial charge in [-0.3, -0.25) is 4.90 Å². The van der Waals surface area contributed by atoms with Crippen molar-refractivity contribution in [3.8, 4) is 11.8 Å². The maximum absolute atomic E-state index is 13.9. The number of halogens is 1. The molecule has 0 fully saturated rings. The number of rotatable bonds is 5. The molecule has 0 aliphatic heterocycles. The van der Waals surface area contributed by atoms with Gasteiger partial charge in [0.15, 0.2) is 5.60 Å². The highest BCUT2D eigenvalue weighted by Crippen LogP contribution is 2.29. The third-order valence-corrected chi connectivity index (χ3v) is 5.14. The molecule has 3 rings (SSSR count). The molecule has 3 aromatic rings. The van der Waals surface area contributed by atoms with Crippen LogP contribution in [0.2, 0.25) is 0 Å². The normalized spacial score (nSPS) is 13.4. The molecule has 2 nitrogen and oxygen atoms in total. The number of hydrogen-bond donors (Lipinski definition) is 1. The molecule has 0 bridgehead atoms. The minimum absolute atomic E-state index is 0.103. The summed E-state index contributed by atoms with van der Waals surface area (Å²) in [6, 6.07) is 25.4. The van der Waals surface area contributed by atoms with Gasteiger partial charge >= 0.3 is 0 Å².